The monoisotopic (exact) mass is 407 g/mol. The van der Waals surface area contributed by atoms with Gasteiger partial charge in [0.1, 0.15) is 5.75 Å². The Balaban J connectivity index is 1.81. The van der Waals surface area contributed by atoms with Crippen LogP contribution in [-0.2, 0) is 10.0 Å². The Labute approximate surface area is 169 Å². The highest BCUT2D eigenvalue weighted by Crippen LogP contribution is 2.33. The number of rotatable bonds is 6. The molecule has 0 fully saturated rings. The highest BCUT2D eigenvalue weighted by molar-refractivity contribution is 7.93. The summed E-state index contributed by atoms with van der Waals surface area (Å²) in [5.41, 5.74) is 3.18. The predicted octanol–water partition coefficient (Wildman–Crippen LogP) is 4.51. The quantitative estimate of drug-likeness (QED) is 0.510. The second-order valence-electron chi connectivity index (χ2n) is 6.61. The molecule has 4 aromatic rings. The molecule has 0 bridgehead atoms. The fourth-order valence-electron chi connectivity index (χ4n) is 3.37. The van der Waals surface area contributed by atoms with Gasteiger partial charge in [0.2, 0.25) is 0 Å². The number of aryl methyl sites for hydroxylation is 1. The standard InChI is InChI=1S/C22H21N3O3S/c1-3-28-18-10-7-9-17(14-18)19-11-6-8-16(2)22(19)29(26,27)24-20-15-23-25-13-5-4-12-21(20)25/h4-15,24H,3H2,1-2H3. The zero-order valence-electron chi connectivity index (χ0n) is 16.2. The van der Waals surface area contributed by atoms with Crippen molar-refractivity contribution in [2.75, 3.05) is 11.3 Å². The normalized spacial score (nSPS) is 11.5. The Morgan fingerprint density at radius 1 is 1.07 bits per heavy atom. The number of hydrogen-bond acceptors (Lipinski definition) is 4. The van der Waals surface area contributed by atoms with Gasteiger partial charge in [-0.3, -0.25) is 4.72 Å². The maximum Gasteiger partial charge on any atom is 0.262 e. The minimum Gasteiger partial charge on any atom is -0.494 e. The molecule has 148 valence electrons. The van der Waals surface area contributed by atoms with Crippen molar-refractivity contribution in [2.45, 2.75) is 18.7 Å². The third kappa shape index (κ3) is 3.69. The predicted molar refractivity (Wildman–Crippen MR) is 114 cm³/mol. The van der Waals surface area contributed by atoms with Gasteiger partial charge in [-0.25, -0.2) is 12.9 Å². The molecule has 4 rings (SSSR count). The van der Waals surface area contributed by atoms with Gasteiger partial charge in [-0.15, -0.1) is 0 Å². The van der Waals surface area contributed by atoms with E-state index in [1.165, 1.54) is 6.20 Å². The molecule has 0 amide bonds. The van der Waals surface area contributed by atoms with E-state index in [1.54, 1.807) is 23.7 Å². The Bertz CT molecular complexity index is 1280. The van der Waals surface area contributed by atoms with E-state index in [0.29, 0.717) is 34.7 Å². The molecule has 7 heteroatoms. The lowest BCUT2D eigenvalue weighted by atomic mass is 10.0. The first-order valence-electron chi connectivity index (χ1n) is 9.27. The number of aromatic nitrogens is 2. The molecule has 2 heterocycles. The lowest BCUT2D eigenvalue weighted by Gasteiger charge is -2.15. The minimum absolute atomic E-state index is 0.240. The van der Waals surface area contributed by atoms with Crippen molar-refractivity contribution in [2.24, 2.45) is 0 Å². The van der Waals surface area contributed by atoms with Gasteiger partial charge in [0.15, 0.2) is 0 Å². The number of ether oxygens (including phenoxy) is 1. The molecular weight excluding hydrogens is 386 g/mol. The number of nitrogens with one attached hydrogen (secondary N) is 1. The van der Waals surface area contributed by atoms with E-state index >= 15 is 0 Å². The maximum atomic E-state index is 13.4. The molecular formula is C22H21N3O3S. The molecule has 0 saturated carbocycles. The van der Waals surface area contributed by atoms with E-state index in [0.717, 1.165) is 5.56 Å². The van der Waals surface area contributed by atoms with Crippen LogP contribution >= 0.6 is 0 Å². The second-order valence-corrected chi connectivity index (χ2v) is 8.23. The largest absolute Gasteiger partial charge is 0.494 e. The summed E-state index contributed by atoms with van der Waals surface area (Å²) >= 11 is 0. The number of anilines is 1. The van der Waals surface area contributed by atoms with Crippen LogP contribution in [0.2, 0.25) is 0 Å². The minimum atomic E-state index is -3.85. The number of benzene rings is 2. The maximum absolute atomic E-state index is 13.4. The van der Waals surface area contributed by atoms with E-state index in [2.05, 4.69) is 9.82 Å². The summed E-state index contributed by atoms with van der Waals surface area (Å²) < 4.78 is 36.7. The van der Waals surface area contributed by atoms with Gasteiger partial charge < -0.3 is 4.74 Å². The molecule has 2 aromatic carbocycles. The number of hydrogen-bond donors (Lipinski definition) is 1. The molecule has 6 nitrogen and oxygen atoms in total. The summed E-state index contributed by atoms with van der Waals surface area (Å²) in [5.74, 6) is 0.699. The zero-order chi connectivity index (χ0) is 20.4. The molecule has 0 spiro atoms. The zero-order valence-corrected chi connectivity index (χ0v) is 17.0. The van der Waals surface area contributed by atoms with Crippen molar-refractivity contribution in [3.05, 3.63) is 78.6 Å². The number of sulfonamides is 1. The summed E-state index contributed by atoms with van der Waals surface area (Å²) in [5, 5.41) is 4.20. The van der Waals surface area contributed by atoms with Crippen molar-refractivity contribution < 1.29 is 13.2 Å². The highest BCUT2D eigenvalue weighted by atomic mass is 32.2. The van der Waals surface area contributed by atoms with Crippen LogP contribution in [0, 0.1) is 6.92 Å². The molecule has 0 unspecified atom stereocenters. The second kappa shape index (κ2) is 7.60. The molecule has 0 radical (unpaired) electrons. The average Bonchev–Trinajstić information content (AvgIpc) is 3.10. The van der Waals surface area contributed by atoms with Crippen LogP contribution in [0.5, 0.6) is 5.75 Å². The molecule has 0 aliphatic rings. The van der Waals surface area contributed by atoms with E-state index in [-0.39, 0.29) is 4.90 Å². The third-order valence-electron chi connectivity index (χ3n) is 4.61. The molecule has 1 N–H and O–H groups in total. The van der Waals surface area contributed by atoms with Gasteiger partial charge in [-0.1, -0.05) is 36.4 Å². The van der Waals surface area contributed by atoms with Gasteiger partial charge >= 0.3 is 0 Å². The first-order chi connectivity index (χ1) is 14.0. The van der Waals surface area contributed by atoms with Crippen LogP contribution in [-0.4, -0.2) is 24.6 Å². The van der Waals surface area contributed by atoms with Crippen LogP contribution in [0.4, 0.5) is 5.69 Å². The number of nitrogens with zero attached hydrogens (tertiary/aromatic N) is 2. The molecule has 0 aliphatic heterocycles. The number of fused-ring (bicyclic) bond motifs is 1. The summed E-state index contributed by atoms with van der Waals surface area (Å²) in [6.07, 6.45) is 3.28. The van der Waals surface area contributed by atoms with E-state index < -0.39 is 10.0 Å². The van der Waals surface area contributed by atoms with Crippen molar-refractivity contribution in [1.29, 1.82) is 0 Å². The summed E-state index contributed by atoms with van der Waals surface area (Å²) in [6.45, 7) is 4.24. The average molecular weight is 407 g/mol. The summed E-state index contributed by atoms with van der Waals surface area (Å²) in [6, 6.07) is 18.4. The summed E-state index contributed by atoms with van der Waals surface area (Å²) in [4.78, 5) is 0.240. The van der Waals surface area contributed by atoms with Gasteiger partial charge in [-0.05, 0) is 49.2 Å². The lowest BCUT2D eigenvalue weighted by Crippen LogP contribution is -2.15. The van der Waals surface area contributed by atoms with Crippen molar-refractivity contribution in [1.82, 2.24) is 9.61 Å². The van der Waals surface area contributed by atoms with E-state index in [1.807, 2.05) is 61.5 Å². The van der Waals surface area contributed by atoms with Gasteiger partial charge in [0.25, 0.3) is 10.0 Å². The molecule has 0 saturated heterocycles. The van der Waals surface area contributed by atoms with E-state index in [9.17, 15) is 8.42 Å². The van der Waals surface area contributed by atoms with Crippen molar-refractivity contribution in [3.63, 3.8) is 0 Å². The highest BCUT2D eigenvalue weighted by Gasteiger charge is 2.23. The third-order valence-corrected chi connectivity index (χ3v) is 6.18. The van der Waals surface area contributed by atoms with Gasteiger partial charge in [0, 0.05) is 11.8 Å². The first-order valence-corrected chi connectivity index (χ1v) is 10.8. The Morgan fingerprint density at radius 3 is 2.72 bits per heavy atom. The van der Waals surface area contributed by atoms with Crippen LogP contribution in [0.1, 0.15) is 12.5 Å². The lowest BCUT2D eigenvalue weighted by molar-refractivity contribution is 0.340. The topological polar surface area (TPSA) is 72.7 Å². The SMILES string of the molecule is CCOc1cccc(-c2cccc(C)c2S(=O)(=O)Nc2cnn3ccccc23)c1. The Hall–Kier alpha value is -3.32. The van der Waals surface area contributed by atoms with Crippen LogP contribution in [0.25, 0.3) is 16.6 Å². The van der Waals surface area contributed by atoms with Gasteiger partial charge in [0.05, 0.1) is 28.9 Å². The number of pyridine rings is 1. The van der Waals surface area contributed by atoms with Crippen LogP contribution in [0.15, 0.2) is 78.0 Å². The molecule has 29 heavy (non-hydrogen) atoms. The fourth-order valence-corrected chi connectivity index (χ4v) is 4.88. The smallest absolute Gasteiger partial charge is 0.262 e. The van der Waals surface area contributed by atoms with Crippen molar-refractivity contribution in [3.8, 4) is 16.9 Å². The molecule has 0 aliphatic carbocycles. The molecule has 0 atom stereocenters. The van der Waals surface area contributed by atoms with Crippen LogP contribution < -0.4 is 9.46 Å². The van der Waals surface area contributed by atoms with Crippen molar-refractivity contribution >= 4 is 21.2 Å². The van der Waals surface area contributed by atoms with E-state index in [4.69, 9.17) is 4.74 Å². The molecule has 2 aromatic heterocycles. The van der Waals surface area contributed by atoms with Crippen LogP contribution in [0.3, 0.4) is 0 Å². The van der Waals surface area contributed by atoms with Gasteiger partial charge in [-0.2, -0.15) is 5.10 Å². The summed E-state index contributed by atoms with van der Waals surface area (Å²) in [7, 11) is -3.85. The Kier molecular flexibility index (Phi) is 4.98. The fraction of sp³-hybridized carbons (Fsp3) is 0.136. The Morgan fingerprint density at radius 2 is 1.90 bits per heavy atom. The first kappa shape index (κ1) is 19.0.